The van der Waals surface area contributed by atoms with Gasteiger partial charge in [-0.25, -0.2) is 0 Å². The van der Waals surface area contributed by atoms with Crippen molar-refractivity contribution in [1.82, 2.24) is 0 Å². The van der Waals surface area contributed by atoms with Crippen molar-refractivity contribution in [3.63, 3.8) is 0 Å². The Labute approximate surface area is 426 Å². The Morgan fingerprint density at radius 2 is 0.580 bits per heavy atom. The highest BCUT2D eigenvalue weighted by atomic mass is 16.6. The Bertz CT molecular complexity index is 1380. The van der Waals surface area contributed by atoms with Crippen molar-refractivity contribution in [3.05, 3.63) is 97.2 Å². The van der Waals surface area contributed by atoms with E-state index in [1.54, 1.807) is 0 Å². The Hall–Kier alpha value is -3.67. The maximum absolute atomic E-state index is 12.8. The Balaban J connectivity index is 4.53. The van der Waals surface area contributed by atoms with Crippen LogP contribution in [0.3, 0.4) is 0 Å². The summed E-state index contributed by atoms with van der Waals surface area (Å²) in [6.07, 6.45) is 75.5. The molecule has 0 N–H and O–H groups in total. The highest BCUT2D eigenvalue weighted by Crippen LogP contribution is 2.15. The number of hydrogen-bond acceptors (Lipinski definition) is 6. The van der Waals surface area contributed by atoms with Crippen LogP contribution in [-0.2, 0) is 28.6 Å². The minimum atomic E-state index is -0.826. The van der Waals surface area contributed by atoms with Crippen LogP contribution in [0.2, 0.25) is 0 Å². The largest absolute Gasteiger partial charge is 0.462 e. The fourth-order valence-corrected chi connectivity index (χ4v) is 7.79. The molecule has 0 spiro atoms. The third-order valence-corrected chi connectivity index (χ3v) is 12.1. The number of unbranched alkanes of at least 4 members (excludes halogenated alkanes) is 24. The smallest absolute Gasteiger partial charge is 0.306 e. The first-order valence-corrected chi connectivity index (χ1v) is 28.7. The van der Waals surface area contributed by atoms with Gasteiger partial charge in [-0.2, -0.15) is 0 Å². The van der Waals surface area contributed by atoms with Gasteiger partial charge in [0.1, 0.15) is 13.2 Å². The molecular weight excluding hydrogens is 853 g/mol. The van der Waals surface area contributed by atoms with Crippen molar-refractivity contribution in [2.75, 3.05) is 13.2 Å². The molecular formula is C63H106O6. The molecule has 394 valence electrons. The molecule has 0 aliphatic heterocycles. The molecule has 69 heavy (non-hydrogen) atoms. The summed E-state index contributed by atoms with van der Waals surface area (Å²) in [5.41, 5.74) is 0. The molecule has 0 aliphatic carbocycles. The van der Waals surface area contributed by atoms with E-state index in [9.17, 15) is 14.4 Å². The molecule has 0 aromatic heterocycles. The van der Waals surface area contributed by atoms with Gasteiger partial charge >= 0.3 is 17.9 Å². The third kappa shape index (κ3) is 55.1. The predicted octanol–water partition coefficient (Wildman–Crippen LogP) is 19.3. The molecule has 0 aromatic rings. The molecule has 0 rings (SSSR count). The van der Waals surface area contributed by atoms with Gasteiger partial charge < -0.3 is 14.2 Å². The van der Waals surface area contributed by atoms with Gasteiger partial charge in [0.2, 0.25) is 0 Å². The molecule has 6 nitrogen and oxygen atoms in total. The van der Waals surface area contributed by atoms with Crippen LogP contribution < -0.4 is 0 Å². The molecule has 0 bridgehead atoms. The van der Waals surface area contributed by atoms with Gasteiger partial charge in [0.25, 0.3) is 0 Å². The zero-order valence-electron chi connectivity index (χ0n) is 45.0. The van der Waals surface area contributed by atoms with E-state index >= 15 is 0 Å². The molecule has 0 aromatic carbocycles. The zero-order chi connectivity index (χ0) is 50.0. The lowest BCUT2D eigenvalue weighted by atomic mass is 10.0. The predicted molar refractivity (Wildman–Crippen MR) is 297 cm³/mol. The number of esters is 3. The van der Waals surface area contributed by atoms with Gasteiger partial charge in [0.15, 0.2) is 6.10 Å². The van der Waals surface area contributed by atoms with Crippen LogP contribution >= 0.6 is 0 Å². The van der Waals surface area contributed by atoms with Crippen LogP contribution in [0, 0.1) is 0 Å². The minimum Gasteiger partial charge on any atom is -0.462 e. The second-order valence-electron chi connectivity index (χ2n) is 18.8. The van der Waals surface area contributed by atoms with Crippen molar-refractivity contribution >= 4 is 17.9 Å². The van der Waals surface area contributed by atoms with E-state index in [1.807, 2.05) is 0 Å². The molecule has 0 fully saturated rings. The number of rotatable bonds is 51. The molecule has 0 aliphatic rings. The molecule has 0 saturated heterocycles. The molecule has 1 unspecified atom stereocenters. The van der Waals surface area contributed by atoms with E-state index in [2.05, 4.69) is 118 Å². The fraction of sp³-hybridized carbons (Fsp3) is 0.698. The van der Waals surface area contributed by atoms with Crippen molar-refractivity contribution in [2.45, 2.75) is 271 Å². The van der Waals surface area contributed by atoms with Crippen molar-refractivity contribution < 1.29 is 28.6 Å². The normalized spacial score (nSPS) is 12.8. The van der Waals surface area contributed by atoms with E-state index in [0.29, 0.717) is 19.3 Å². The summed E-state index contributed by atoms with van der Waals surface area (Å²) in [6.45, 7) is 6.44. The van der Waals surface area contributed by atoms with E-state index in [1.165, 1.54) is 135 Å². The lowest BCUT2D eigenvalue weighted by Gasteiger charge is -2.18. The average Bonchev–Trinajstić information content (AvgIpc) is 3.35. The lowest BCUT2D eigenvalue weighted by Crippen LogP contribution is -2.30. The molecule has 1 atom stereocenters. The Morgan fingerprint density at radius 1 is 0.304 bits per heavy atom. The average molecular weight is 960 g/mol. The van der Waals surface area contributed by atoms with Crippen LogP contribution in [0.1, 0.15) is 265 Å². The molecule has 0 heterocycles. The second-order valence-corrected chi connectivity index (χ2v) is 18.8. The van der Waals surface area contributed by atoms with Crippen LogP contribution in [0.5, 0.6) is 0 Å². The zero-order valence-corrected chi connectivity index (χ0v) is 45.0. The van der Waals surface area contributed by atoms with Gasteiger partial charge in [-0.05, 0) is 89.9 Å². The highest BCUT2D eigenvalue weighted by molar-refractivity contribution is 5.71. The summed E-state index contributed by atoms with van der Waals surface area (Å²) in [6, 6.07) is 0. The molecule has 0 amide bonds. The maximum atomic E-state index is 12.8. The summed E-state index contributed by atoms with van der Waals surface area (Å²) in [5, 5.41) is 0. The Morgan fingerprint density at radius 3 is 0.942 bits per heavy atom. The number of ether oxygens (including phenoxy) is 3. The molecule has 6 heteroatoms. The lowest BCUT2D eigenvalue weighted by molar-refractivity contribution is -0.167. The van der Waals surface area contributed by atoms with E-state index in [-0.39, 0.29) is 44.0 Å². The summed E-state index contributed by atoms with van der Waals surface area (Å²) >= 11 is 0. The first-order chi connectivity index (χ1) is 34.0. The van der Waals surface area contributed by atoms with Crippen LogP contribution in [-0.4, -0.2) is 37.2 Å². The first kappa shape index (κ1) is 65.3. The van der Waals surface area contributed by atoms with Gasteiger partial charge in [0.05, 0.1) is 0 Å². The number of hydrogen-bond donors (Lipinski definition) is 0. The van der Waals surface area contributed by atoms with Gasteiger partial charge in [-0.1, -0.05) is 253 Å². The van der Waals surface area contributed by atoms with Crippen molar-refractivity contribution in [1.29, 1.82) is 0 Å². The Kier molecular flexibility index (Phi) is 53.9. The summed E-state index contributed by atoms with van der Waals surface area (Å²) < 4.78 is 16.8. The summed E-state index contributed by atoms with van der Waals surface area (Å²) in [7, 11) is 0. The van der Waals surface area contributed by atoms with Crippen LogP contribution in [0.25, 0.3) is 0 Å². The maximum Gasteiger partial charge on any atom is 0.306 e. The number of carbonyl (C=O) groups excluding carboxylic acids is 3. The monoisotopic (exact) mass is 959 g/mol. The second kappa shape index (κ2) is 56.9. The van der Waals surface area contributed by atoms with Gasteiger partial charge in [-0.15, -0.1) is 0 Å². The standard InChI is InChI=1S/C63H106O6/c1-4-7-10-13-16-19-22-25-28-31-34-37-40-43-46-49-52-55-61(64)67-58-60(69-63(66)57-54-51-48-45-42-39-36-33-30-27-24-21-18-15-12-9-6-3)59-68-62(65)56-53-50-47-44-41-38-35-32-29-26-23-20-17-14-11-8-5-2/h7,10,16,19,25,27-28,30,34,36-37,39,43,45-46,48,60H,4-6,8-9,11-15,17-18,20-24,26,29,31-33,35,38,40-42,44,47,49-59H2,1-3H3/b10-7-,19-16-,28-25-,30-27-,37-34-,39-36-,46-43-,48-45-. The minimum absolute atomic E-state index is 0.114. The van der Waals surface area contributed by atoms with Crippen LogP contribution in [0.4, 0.5) is 0 Å². The van der Waals surface area contributed by atoms with E-state index < -0.39 is 6.10 Å². The number of allylic oxidation sites excluding steroid dienone is 16. The SMILES string of the molecule is CC/C=C\C/C=C\C/C=C\C/C=C\C/C=C\CCCC(=O)OCC(COC(=O)CCCCCCCCCCCCCCCCCCC)OC(=O)CCC/C=C\C/C=C\C/C=C\CCCCCCCC. The van der Waals surface area contributed by atoms with Crippen molar-refractivity contribution in [2.24, 2.45) is 0 Å². The first-order valence-electron chi connectivity index (χ1n) is 28.7. The topological polar surface area (TPSA) is 78.9 Å². The van der Waals surface area contributed by atoms with Crippen LogP contribution in [0.15, 0.2) is 97.2 Å². The highest BCUT2D eigenvalue weighted by Gasteiger charge is 2.19. The van der Waals surface area contributed by atoms with Gasteiger partial charge in [0, 0.05) is 19.3 Å². The van der Waals surface area contributed by atoms with Crippen molar-refractivity contribution in [3.8, 4) is 0 Å². The van der Waals surface area contributed by atoms with Gasteiger partial charge in [-0.3, -0.25) is 14.4 Å². The fourth-order valence-electron chi connectivity index (χ4n) is 7.79. The molecule has 0 saturated carbocycles. The third-order valence-electron chi connectivity index (χ3n) is 12.1. The van der Waals surface area contributed by atoms with E-state index in [4.69, 9.17) is 14.2 Å². The quantitative estimate of drug-likeness (QED) is 0.0262. The summed E-state index contributed by atoms with van der Waals surface area (Å²) in [4.78, 5) is 38.1. The van der Waals surface area contributed by atoms with E-state index in [0.717, 1.165) is 77.0 Å². The molecule has 0 radical (unpaired) electrons. The summed E-state index contributed by atoms with van der Waals surface area (Å²) in [5.74, 6) is -1.02. The number of carbonyl (C=O) groups is 3.